The van der Waals surface area contributed by atoms with E-state index in [4.69, 9.17) is 5.73 Å². The van der Waals surface area contributed by atoms with Gasteiger partial charge in [0.1, 0.15) is 11.9 Å². The summed E-state index contributed by atoms with van der Waals surface area (Å²) in [5.74, 6) is 0.761. The Labute approximate surface area is 166 Å². The minimum Gasteiger partial charge on any atom is -0.368 e. The number of nitrogens with zero attached hydrogens (tertiary/aromatic N) is 4. The normalized spacial score (nSPS) is 20.0. The Morgan fingerprint density at radius 3 is 2.81 bits per heavy atom. The molecule has 1 saturated heterocycles. The van der Waals surface area contributed by atoms with Gasteiger partial charge in [-0.15, -0.1) is 21.5 Å². The number of rotatable bonds is 7. The summed E-state index contributed by atoms with van der Waals surface area (Å²) in [4.78, 5) is 27.2. The first-order chi connectivity index (χ1) is 13.1. The molecule has 4 rings (SSSR count). The van der Waals surface area contributed by atoms with Gasteiger partial charge in [-0.05, 0) is 43.6 Å². The first-order valence-electron chi connectivity index (χ1n) is 9.31. The Morgan fingerprint density at radius 1 is 1.26 bits per heavy atom. The highest BCUT2D eigenvalue weighted by molar-refractivity contribution is 7.99. The fraction of sp³-hybridized carbons (Fsp3) is 0.556. The Kier molecular flexibility index (Phi) is 5.49. The maximum absolute atomic E-state index is 12.7. The second-order valence-electron chi connectivity index (χ2n) is 7.05. The molecule has 2 fully saturated rings. The van der Waals surface area contributed by atoms with Crippen LogP contribution >= 0.6 is 23.1 Å². The second kappa shape index (κ2) is 8.02. The van der Waals surface area contributed by atoms with Crippen LogP contribution in [0.25, 0.3) is 0 Å². The van der Waals surface area contributed by atoms with E-state index in [1.807, 2.05) is 6.07 Å². The third kappa shape index (κ3) is 4.19. The molecule has 27 heavy (non-hydrogen) atoms. The van der Waals surface area contributed by atoms with E-state index in [1.165, 1.54) is 16.6 Å². The third-order valence-electron chi connectivity index (χ3n) is 5.04. The van der Waals surface area contributed by atoms with E-state index in [1.54, 1.807) is 16.2 Å². The standard InChI is InChI=1S/C18H23N5O2S2/c19-17(25)14-5-1-2-8-22(14)16(24)11-27-18-21-20-15(23(18)12-6-7-12)10-13-4-3-9-26-13/h3-4,9,12,14H,1-2,5-8,10-11H2,(H2,19,25)/t14-/m1/s1. The minimum atomic E-state index is -0.470. The van der Waals surface area contributed by atoms with Crippen molar-refractivity contribution in [3.05, 3.63) is 28.2 Å². The van der Waals surface area contributed by atoms with Crippen molar-refractivity contribution in [2.24, 2.45) is 5.73 Å². The lowest BCUT2D eigenvalue weighted by Crippen LogP contribution is -2.51. The maximum atomic E-state index is 12.7. The molecule has 2 aromatic rings. The first-order valence-corrected chi connectivity index (χ1v) is 11.2. The topological polar surface area (TPSA) is 94.1 Å². The van der Waals surface area contributed by atoms with Gasteiger partial charge in [0.05, 0.1) is 5.75 Å². The number of piperidine rings is 1. The van der Waals surface area contributed by atoms with Gasteiger partial charge in [0.25, 0.3) is 0 Å². The fourth-order valence-corrected chi connectivity index (χ4v) is 5.14. The summed E-state index contributed by atoms with van der Waals surface area (Å²) < 4.78 is 2.19. The summed E-state index contributed by atoms with van der Waals surface area (Å²) >= 11 is 3.13. The summed E-state index contributed by atoms with van der Waals surface area (Å²) in [5.41, 5.74) is 5.48. The van der Waals surface area contributed by atoms with E-state index >= 15 is 0 Å². The van der Waals surface area contributed by atoms with Crippen molar-refractivity contribution in [3.8, 4) is 0 Å². The summed E-state index contributed by atoms with van der Waals surface area (Å²) in [6.07, 6.45) is 5.55. The molecular weight excluding hydrogens is 382 g/mol. The lowest BCUT2D eigenvalue weighted by molar-refractivity contribution is -0.138. The third-order valence-corrected chi connectivity index (χ3v) is 6.84. The van der Waals surface area contributed by atoms with E-state index in [-0.39, 0.29) is 11.7 Å². The van der Waals surface area contributed by atoms with Crippen molar-refractivity contribution >= 4 is 34.9 Å². The van der Waals surface area contributed by atoms with Gasteiger partial charge in [-0.25, -0.2) is 0 Å². The molecule has 0 unspecified atom stereocenters. The van der Waals surface area contributed by atoms with Gasteiger partial charge >= 0.3 is 0 Å². The van der Waals surface area contributed by atoms with Gasteiger partial charge in [0.2, 0.25) is 11.8 Å². The molecule has 9 heteroatoms. The van der Waals surface area contributed by atoms with Crippen molar-refractivity contribution in [1.29, 1.82) is 0 Å². The van der Waals surface area contributed by atoms with Crippen LogP contribution in [0, 0.1) is 0 Å². The summed E-state index contributed by atoms with van der Waals surface area (Å²) in [6.45, 7) is 0.603. The molecule has 2 aliphatic rings. The number of likely N-dealkylation sites (tertiary alicyclic amines) is 1. The second-order valence-corrected chi connectivity index (χ2v) is 9.02. The number of primary amides is 1. The van der Waals surface area contributed by atoms with Crippen LogP contribution in [-0.4, -0.2) is 49.8 Å². The number of thioether (sulfide) groups is 1. The SMILES string of the molecule is NC(=O)[C@H]1CCCCN1C(=O)CSc1nnc(Cc2cccs2)n1C1CC1. The van der Waals surface area contributed by atoms with Gasteiger partial charge < -0.3 is 15.2 Å². The minimum absolute atomic E-state index is 0.0475. The molecule has 2 amide bonds. The van der Waals surface area contributed by atoms with Crippen LogP contribution in [0.3, 0.4) is 0 Å². The highest BCUT2D eigenvalue weighted by Gasteiger charge is 2.32. The number of amides is 2. The fourth-order valence-electron chi connectivity index (χ4n) is 3.53. The van der Waals surface area contributed by atoms with E-state index in [9.17, 15) is 9.59 Å². The van der Waals surface area contributed by atoms with Crippen molar-refractivity contribution < 1.29 is 9.59 Å². The van der Waals surface area contributed by atoms with Crippen LogP contribution in [0.4, 0.5) is 0 Å². The van der Waals surface area contributed by atoms with Gasteiger partial charge in [-0.2, -0.15) is 0 Å². The molecule has 0 bridgehead atoms. The summed E-state index contributed by atoms with van der Waals surface area (Å²) in [6, 6.07) is 4.12. The Balaban J connectivity index is 1.44. The lowest BCUT2D eigenvalue weighted by atomic mass is 10.0. The molecule has 7 nitrogen and oxygen atoms in total. The van der Waals surface area contributed by atoms with Crippen LogP contribution in [0.1, 0.15) is 48.8 Å². The molecule has 0 aromatic carbocycles. The molecule has 3 heterocycles. The number of hydrogen-bond donors (Lipinski definition) is 1. The first kappa shape index (κ1) is 18.5. The number of thiophene rings is 1. The Bertz CT molecular complexity index is 816. The smallest absolute Gasteiger partial charge is 0.240 e. The van der Waals surface area contributed by atoms with Gasteiger partial charge in [-0.3, -0.25) is 9.59 Å². The van der Waals surface area contributed by atoms with E-state index in [0.717, 1.165) is 43.1 Å². The molecule has 0 radical (unpaired) electrons. The van der Waals surface area contributed by atoms with E-state index in [2.05, 4.69) is 26.2 Å². The number of aromatic nitrogens is 3. The summed E-state index contributed by atoms with van der Waals surface area (Å²) in [5, 5.41) is 11.6. The largest absolute Gasteiger partial charge is 0.368 e. The molecule has 1 atom stereocenters. The molecule has 1 aliphatic carbocycles. The number of carbonyl (C=O) groups is 2. The van der Waals surface area contributed by atoms with Gasteiger partial charge in [0, 0.05) is 23.9 Å². The highest BCUT2D eigenvalue weighted by Crippen LogP contribution is 2.39. The quantitative estimate of drug-likeness (QED) is 0.713. The van der Waals surface area contributed by atoms with Crippen molar-refractivity contribution in [2.75, 3.05) is 12.3 Å². The average molecular weight is 406 g/mol. The Morgan fingerprint density at radius 2 is 2.11 bits per heavy atom. The predicted octanol–water partition coefficient (Wildman–Crippen LogP) is 2.22. The van der Waals surface area contributed by atoms with Crippen LogP contribution in [0.15, 0.2) is 22.7 Å². The van der Waals surface area contributed by atoms with E-state index in [0.29, 0.717) is 19.0 Å². The van der Waals surface area contributed by atoms with Gasteiger partial charge in [0.15, 0.2) is 5.16 Å². The molecule has 2 aromatic heterocycles. The molecule has 1 saturated carbocycles. The number of carbonyl (C=O) groups excluding carboxylic acids is 2. The van der Waals surface area contributed by atoms with Crippen LogP contribution in [0.5, 0.6) is 0 Å². The van der Waals surface area contributed by atoms with Gasteiger partial charge in [-0.1, -0.05) is 17.8 Å². The van der Waals surface area contributed by atoms with Crippen molar-refractivity contribution in [1.82, 2.24) is 19.7 Å². The van der Waals surface area contributed by atoms with Crippen LogP contribution < -0.4 is 5.73 Å². The summed E-state index contributed by atoms with van der Waals surface area (Å²) in [7, 11) is 0. The number of hydrogen-bond acceptors (Lipinski definition) is 6. The molecule has 2 N–H and O–H groups in total. The van der Waals surface area contributed by atoms with Crippen molar-refractivity contribution in [3.63, 3.8) is 0 Å². The highest BCUT2D eigenvalue weighted by atomic mass is 32.2. The lowest BCUT2D eigenvalue weighted by Gasteiger charge is -2.33. The molecule has 1 aliphatic heterocycles. The molecule has 0 spiro atoms. The van der Waals surface area contributed by atoms with E-state index < -0.39 is 11.9 Å². The molecular formula is C18H23N5O2S2. The molecule has 144 valence electrons. The van der Waals surface area contributed by atoms with Crippen LogP contribution in [-0.2, 0) is 16.0 Å². The zero-order valence-corrected chi connectivity index (χ0v) is 16.7. The Hall–Kier alpha value is -1.87. The van der Waals surface area contributed by atoms with Crippen LogP contribution in [0.2, 0.25) is 0 Å². The number of nitrogens with two attached hydrogens (primary N) is 1. The van der Waals surface area contributed by atoms with Crippen molar-refractivity contribution in [2.45, 2.75) is 55.8 Å². The monoisotopic (exact) mass is 405 g/mol. The predicted molar refractivity (Wildman–Crippen MR) is 105 cm³/mol. The average Bonchev–Trinajstić information content (AvgIpc) is 3.22. The zero-order valence-electron chi connectivity index (χ0n) is 15.0. The zero-order chi connectivity index (χ0) is 18.8. The maximum Gasteiger partial charge on any atom is 0.240 e.